The van der Waals surface area contributed by atoms with E-state index < -0.39 is 10.8 Å². The maximum atomic E-state index is 12.7. The smallest absolute Gasteiger partial charge is 0.289 e. The molecular weight excluding hydrogens is 456 g/mol. The maximum absolute atomic E-state index is 12.7. The number of aliphatic imine (C=N–C) groups is 1. The summed E-state index contributed by atoms with van der Waals surface area (Å²) in [6, 6.07) is 11.3. The van der Waals surface area contributed by atoms with E-state index in [4.69, 9.17) is 21.4 Å². The van der Waals surface area contributed by atoms with Gasteiger partial charge in [-0.1, -0.05) is 11.6 Å². The van der Waals surface area contributed by atoms with Crippen molar-refractivity contribution in [2.45, 2.75) is 0 Å². The van der Waals surface area contributed by atoms with Crippen molar-refractivity contribution in [1.29, 1.82) is 5.41 Å². The van der Waals surface area contributed by atoms with Crippen molar-refractivity contribution >= 4 is 57.1 Å². The normalized spacial score (nSPS) is 16.9. The standard InChI is InChI=1S/C20H11ClN6O4S/c21-14-6-5-12(10-15(14)27(29)30)25-7-1-3-11(25)9-13-17(22)26-20(23-18(13)28)32-19(24-26)16-4-2-8-31-16/h1-10,22H/b13-9+,22-17?. The van der Waals surface area contributed by atoms with E-state index in [1.165, 1.54) is 29.5 Å². The average Bonchev–Trinajstić information content (AvgIpc) is 3.51. The zero-order chi connectivity index (χ0) is 22.4. The van der Waals surface area contributed by atoms with Gasteiger partial charge in [-0.05, 0) is 54.2 Å². The van der Waals surface area contributed by atoms with Gasteiger partial charge in [0.25, 0.3) is 11.6 Å². The molecule has 12 heteroatoms. The monoisotopic (exact) mass is 466 g/mol. The van der Waals surface area contributed by atoms with Crippen molar-refractivity contribution in [3.8, 4) is 5.69 Å². The third-order valence-corrected chi connectivity index (χ3v) is 5.91. The predicted molar refractivity (Wildman–Crippen MR) is 120 cm³/mol. The molecule has 0 bridgehead atoms. The molecule has 3 aromatic rings. The topological polar surface area (TPSA) is 130 Å². The maximum Gasteiger partial charge on any atom is 0.289 e. The molecule has 0 atom stereocenters. The molecule has 0 aliphatic carbocycles. The number of aromatic nitrogens is 1. The van der Waals surface area contributed by atoms with Crippen molar-refractivity contribution in [3.63, 3.8) is 0 Å². The zero-order valence-corrected chi connectivity index (χ0v) is 17.5. The van der Waals surface area contributed by atoms with Crippen LogP contribution in [0.25, 0.3) is 11.8 Å². The van der Waals surface area contributed by atoms with Gasteiger partial charge in [0, 0.05) is 18.0 Å². The molecule has 1 N–H and O–H groups in total. The first-order chi connectivity index (χ1) is 15.4. The Kier molecular flexibility index (Phi) is 4.76. The Morgan fingerprint density at radius 3 is 2.84 bits per heavy atom. The molecule has 0 spiro atoms. The average molecular weight is 467 g/mol. The molecule has 4 heterocycles. The van der Waals surface area contributed by atoms with Crippen molar-refractivity contribution in [2.24, 2.45) is 10.1 Å². The van der Waals surface area contributed by atoms with Crippen LogP contribution in [-0.2, 0) is 4.79 Å². The van der Waals surface area contributed by atoms with E-state index in [1.54, 1.807) is 41.1 Å². The number of halogens is 1. The number of amidine groups is 2. The molecule has 5 rings (SSSR count). The van der Waals surface area contributed by atoms with Crippen LogP contribution in [-0.4, -0.2) is 36.5 Å². The van der Waals surface area contributed by atoms with Crippen LogP contribution in [0.1, 0.15) is 11.5 Å². The molecular formula is C20H11ClN6O4S. The Hall–Kier alpha value is -3.96. The summed E-state index contributed by atoms with van der Waals surface area (Å²) in [7, 11) is 0. The molecule has 2 aromatic heterocycles. The molecule has 0 saturated carbocycles. The summed E-state index contributed by atoms with van der Waals surface area (Å²) in [6.07, 6.45) is 4.69. The number of hydrogen-bond acceptors (Lipinski definition) is 7. The summed E-state index contributed by atoms with van der Waals surface area (Å²) in [5, 5.41) is 26.1. The Balaban J connectivity index is 1.52. The van der Waals surface area contributed by atoms with Crippen molar-refractivity contribution in [2.75, 3.05) is 0 Å². The van der Waals surface area contributed by atoms with Crippen molar-refractivity contribution in [3.05, 3.63) is 87.1 Å². The highest BCUT2D eigenvalue weighted by atomic mass is 35.5. The van der Waals surface area contributed by atoms with E-state index in [9.17, 15) is 14.9 Å². The van der Waals surface area contributed by atoms with E-state index in [0.717, 1.165) is 11.8 Å². The Morgan fingerprint density at radius 1 is 1.25 bits per heavy atom. The van der Waals surface area contributed by atoms with Gasteiger partial charge < -0.3 is 8.98 Å². The molecule has 1 amide bonds. The van der Waals surface area contributed by atoms with E-state index in [-0.39, 0.29) is 27.3 Å². The lowest BCUT2D eigenvalue weighted by atomic mass is 10.1. The number of fused-ring (bicyclic) bond motifs is 1. The molecule has 0 saturated heterocycles. The summed E-state index contributed by atoms with van der Waals surface area (Å²) in [5.41, 5.74) is 0.797. The molecule has 0 radical (unpaired) electrons. The second-order valence-corrected chi connectivity index (χ2v) is 7.96. The number of carbonyl (C=O) groups is 1. The van der Waals surface area contributed by atoms with Crippen LogP contribution in [0, 0.1) is 15.5 Å². The number of benzene rings is 1. The van der Waals surface area contributed by atoms with Gasteiger partial charge in [-0.3, -0.25) is 20.3 Å². The molecule has 0 unspecified atom stereocenters. The zero-order valence-electron chi connectivity index (χ0n) is 15.9. The lowest BCUT2D eigenvalue weighted by Gasteiger charge is -2.20. The van der Waals surface area contributed by atoms with Crippen LogP contribution in [0.4, 0.5) is 5.69 Å². The van der Waals surface area contributed by atoms with Crippen molar-refractivity contribution < 1.29 is 14.1 Å². The number of nitrogens with one attached hydrogen (secondary N) is 1. The third-order valence-electron chi connectivity index (χ3n) is 4.66. The fourth-order valence-electron chi connectivity index (χ4n) is 3.18. The summed E-state index contributed by atoms with van der Waals surface area (Å²) in [5.74, 6) is -0.209. The van der Waals surface area contributed by atoms with Crippen molar-refractivity contribution in [1.82, 2.24) is 9.58 Å². The first-order valence-corrected chi connectivity index (χ1v) is 10.3. The minimum atomic E-state index is -0.584. The number of nitrogens with zero attached hydrogens (tertiary/aromatic N) is 5. The molecule has 1 aromatic carbocycles. The molecule has 2 aliphatic heterocycles. The highest BCUT2D eigenvalue weighted by molar-refractivity contribution is 8.27. The second kappa shape index (κ2) is 7.62. The number of thioether (sulfide) groups is 1. The number of nitro benzene ring substituents is 1. The van der Waals surface area contributed by atoms with Crippen LogP contribution in [0.2, 0.25) is 5.02 Å². The van der Waals surface area contributed by atoms with Crippen LogP contribution in [0.3, 0.4) is 0 Å². The minimum absolute atomic E-state index is 0.0219. The van der Waals surface area contributed by atoms with E-state index in [1.807, 2.05) is 0 Å². The van der Waals surface area contributed by atoms with E-state index in [2.05, 4.69) is 10.1 Å². The number of nitro groups is 1. The van der Waals surface area contributed by atoms with Crippen LogP contribution in [0.5, 0.6) is 0 Å². The number of carbonyl (C=O) groups excluding carboxylic acids is 1. The number of hydrogen-bond donors (Lipinski definition) is 1. The molecule has 0 fully saturated rings. The number of furan rings is 1. The minimum Gasteiger partial charge on any atom is -0.462 e. The fourth-order valence-corrected chi connectivity index (χ4v) is 4.22. The molecule has 32 heavy (non-hydrogen) atoms. The summed E-state index contributed by atoms with van der Waals surface area (Å²) in [6.45, 7) is 0. The first kappa shape index (κ1) is 20.0. The highest BCUT2D eigenvalue weighted by Crippen LogP contribution is 2.32. The summed E-state index contributed by atoms with van der Waals surface area (Å²) >= 11 is 7.05. The molecule has 158 valence electrons. The fraction of sp³-hybridized carbons (Fsp3) is 0. The largest absolute Gasteiger partial charge is 0.462 e. The van der Waals surface area contributed by atoms with Crippen LogP contribution in [0.15, 0.2) is 75.0 Å². The van der Waals surface area contributed by atoms with Crippen LogP contribution >= 0.6 is 23.4 Å². The third kappa shape index (κ3) is 3.33. The van der Waals surface area contributed by atoms with Gasteiger partial charge in [0.1, 0.15) is 5.02 Å². The number of rotatable bonds is 4. The number of amides is 1. The highest BCUT2D eigenvalue weighted by Gasteiger charge is 2.36. The van der Waals surface area contributed by atoms with E-state index >= 15 is 0 Å². The van der Waals surface area contributed by atoms with Gasteiger partial charge in [0.05, 0.1) is 22.4 Å². The van der Waals surface area contributed by atoms with E-state index in [0.29, 0.717) is 22.2 Å². The quantitative estimate of drug-likeness (QED) is 0.346. The first-order valence-electron chi connectivity index (χ1n) is 9.08. The lowest BCUT2D eigenvalue weighted by molar-refractivity contribution is -0.384. The van der Waals surface area contributed by atoms with Gasteiger partial charge in [0.2, 0.25) is 5.17 Å². The van der Waals surface area contributed by atoms with Crippen LogP contribution < -0.4 is 0 Å². The predicted octanol–water partition coefficient (Wildman–Crippen LogP) is 4.30. The summed E-state index contributed by atoms with van der Waals surface area (Å²) in [4.78, 5) is 27.4. The second-order valence-electron chi connectivity index (χ2n) is 6.60. The SMILES string of the molecule is N=C1/C(=C\c2cccn2-c2ccc(Cl)c([N+](=O)[O-])c2)C(=O)N=C2SC(c3ccco3)=NN12. The number of hydrazone groups is 1. The van der Waals surface area contributed by atoms with Gasteiger partial charge >= 0.3 is 0 Å². The van der Waals surface area contributed by atoms with Gasteiger partial charge in [-0.15, -0.1) is 0 Å². The van der Waals surface area contributed by atoms with Gasteiger partial charge in [-0.25, -0.2) is 0 Å². The Bertz CT molecular complexity index is 1390. The molecule has 2 aliphatic rings. The van der Waals surface area contributed by atoms with Gasteiger partial charge in [-0.2, -0.15) is 15.1 Å². The summed E-state index contributed by atoms with van der Waals surface area (Å²) < 4.78 is 6.98. The lowest BCUT2D eigenvalue weighted by Crippen LogP contribution is -2.35. The van der Waals surface area contributed by atoms with Gasteiger partial charge in [0.15, 0.2) is 16.6 Å². The Morgan fingerprint density at radius 2 is 2.09 bits per heavy atom. The Labute approximate surface area is 189 Å². The molecule has 10 nitrogen and oxygen atoms in total.